The molecule has 1 aromatic carbocycles. The third-order valence-corrected chi connectivity index (χ3v) is 2.54. The number of methoxy groups -OCH3 is 1. The maximum absolute atomic E-state index is 11.7. The van der Waals surface area contributed by atoms with Gasteiger partial charge in [-0.2, -0.15) is 0 Å². The largest absolute Gasteiger partial charge is 0.493 e. The molecule has 1 aliphatic rings. The van der Waals surface area contributed by atoms with E-state index >= 15 is 0 Å². The van der Waals surface area contributed by atoms with E-state index in [0.717, 1.165) is 6.42 Å². The first kappa shape index (κ1) is 11.0. The van der Waals surface area contributed by atoms with Gasteiger partial charge in [0.2, 0.25) is 0 Å². The Morgan fingerprint density at radius 3 is 2.75 bits per heavy atom. The quantitative estimate of drug-likeness (QED) is 0.576. The van der Waals surface area contributed by atoms with Gasteiger partial charge in [0.25, 0.3) is 0 Å². The normalized spacial score (nSPS) is 19.4. The van der Waals surface area contributed by atoms with Crippen LogP contribution in [-0.4, -0.2) is 26.3 Å². The molecule has 0 aromatic heterocycles. The summed E-state index contributed by atoms with van der Waals surface area (Å²) in [7, 11) is 1.55. The smallest absolute Gasteiger partial charge is 0.316 e. The fraction of sp³-hybridized carbons (Fsp3) is 0.417. The molecule has 1 aromatic rings. The van der Waals surface area contributed by atoms with Crippen molar-refractivity contribution < 1.29 is 19.0 Å². The number of hydrogen-bond donors (Lipinski definition) is 0. The molecule has 1 fully saturated rings. The number of para-hydroxylation sites is 2. The lowest BCUT2D eigenvalue weighted by atomic mass is 10.1. The number of rotatable bonds is 3. The van der Waals surface area contributed by atoms with Gasteiger partial charge in [0, 0.05) is 6.61 Å². The number of benzene rings is 1. The Labute approximate surface area is 94.1 Å². The molecule has 1 aliphatic heterocycles. The molecule has 1 saturated heterocycles. The Bertz CT molecular complexity index is 369. The molecule has 0 radical (unpaired) electrons. The number of carbonyl (C=O) groups is 1. The minimum absolute atomic E-state index is 0.148. The zero-order valence-corrected chi connectivity index (χ0v) is 9.14. The Morgan fingerprint density at radius 2 is 2.12 bits per heavy atom. The molecular weight excluding hydrogens is 208 g/mol. The van der Waals surface area contributed by atoms with Crippen LogP contribution in [0.3, 0.4) is 0 Å². The summed E-state index contributed by atoms with van der Waals surface area (Å²) in [6.45, 7) is 1.08. The molecule has 0 bridgehead atoms. The molecule has 1 heterocycles. The highest BCUT2D eigenvalue weighted by atomic mass is 16.6. The van der Waals surface area contributed by atoms with Crippen LogP contribution in [0.5, 0.6) is 11.5 Å². The van der Waals surface area contributed by atoms with E-state index in [4.69, 9.17) is 14.2 Å². The van der Waals surface area contributed by atoms with Crippen LogP contribution in [0.2, 0.25) is 0 Å². The highest BCUT2D eigenvalue weighted by molar-refractivity contribution is 5.76. The second-order valence-electron chi connectivity index (χ2n) is 3.63. The standard InChI is InChI=1S/C12H14O4/c1-14-10-4-2-3-5-11(10)16-12(13)9-6-7-15-8-9/h2-5,9H,6-8H2,1H3. The van der Waals surface area contributed by atoms with Gasteiger partial charge in [-0.3, -0.25) is 4.79 Å². The van der Waals surface area contributed by atoms with E-state index in [9.17, 15) is 4.79 Å². The molecule has 86 valence electrons. The maximum atomic E-state index is 11.7. The predicted octanol–water partition coefficient (Wildman–Crippen LogP) is 1.64. The first-order chi connectivity index (χ1) is 7.81. The number of esters is 1. The second kappa shape index (κ2) is 4.99. The van der Waals surface area contributed by atoms with Crippen LogP contribution in [0.4, 0.5) is 0 Å². The molecular formula is C12H14O4. The van der Waals surface area contributed by atoms with Crippen LogP contribution >= 0.6 is 0 Å². The number of hydrogen-bond acceptors (Lipinski definition) is 4. The average molecular weight is 222 g/mol. The third-order valence-electron chi connectivity index (χ3n) is 2.54. The van der Waals surface area contributed by atoms with E-state index in [1.54, 1.807) is 25.3 Å². The Kier molecular flexibility index (Phi) is 3.41. The van der Waals surface area contributed by atoms with E-state index in [0.29, 0.717) is 24.7 Å². The van der Waals surface area contributed by atoms with E-state index < -0.39 is 0 Å². The van der Waals surface area contributed by atoms with Crippen molar-refractivity contribution in [2.45, 2.75) is 6.42 Å². The summed E-state index contributed by atoms with van der Waals surface area (Å²) in [5, 5.41) is 0. The summed E-state index contributed by atoms with van der Waals surface area (Å²) in [6.07, 6.45) is 0.730. The highest BCUT2D eigenvalue weighted by Crippen LogP contribution is 2.27. The Morgan fingerprint density at radius 1 is 1.38 bits per heavy atom. The number of ether oxygens (including phenoxy) is 3. The van der Waals surface area contributed by atoms with Crippen molar-refractivity contribution in [3.63, 3.8) is 0 Å². The van der Waals surface area contributed by atoms with E-state index in [1.807, 2.05) is 6.07 Å². The van der Waals surface area contributed by atoms with E-state index in [2.05, 4.69) is 0 Å². The molecule has 0 amide bonds. The van der Waals surface area contributed by atoms with E-state index in [-0.39, 0.29) is 11.9 Å². The molecule has 4 heteroatoms. The predicted molar refractivity (Wildman–Crippen MR) is 57.6 cm³/mol. The van der Waals surface area contributed by atoms with Crippen LogP contribution in [-0.2, 0) is 9.53 Å². The molecule has 1 atom stereocenters. The SMILES string of the molecule is COc1ccccc1OC(=O)C1CCOC1. The Hall–Kier alpha value is -1.55. The van der Waals surface area contributed by atoms with Crippen molar-refractivity contribution in [1.82, 2.24) is 0 Å². The number of carbonyl (C=O) groups excluding carboxylic acids is 1. The Balaban J connectivity index is 2.05. The molecule has 2 rings (SSSR count). The van der Waals surface area contributed by atoms with Crippen LogP contribution < -0.4 is 9.47 Å². The van der Waals surface area contributed by atoms with Gasteiger partial charge in [0.1, 0.15) is 0 Å². The maximum Gasteiger partial charge on any atom is 0.316 e. The fourth-order valence-corrected chi connectivity index (χ4v) is 1.62. The lowest BCUT2D eigenvalue weighted by Gasteiger charge is -2.10. The zero-order valence-electron chi connectivity index (χ0n) is 9.14. The van der Waals surface area contributed by atoms with E-state index in [1.165, 1.54) is 0 Å². The first-order valence-corrected chi connectivity index (χ1v) is 5.23. The van der Waals surface area contributed by atoms with Gasteiger partial charge in [0.15, 0.2) is 11.5 Å². The molecule has 16 heavy (non-hydrogen) atoms. The summed E-state index contributed by atoms with van der Waals surface area (Å²) < 4.78 is 15.5. The molecule has 1 unspecified atom stereocenters. The van der Waals surface area contributed by atoms with Gasteiger partial charge in [-0.25, -0.2) is 0 Å². The van der Waals surface area contributed by atoms with Crippen molar-refractivity contribution in [2.24, 2.45) is 5.92 Å². The minimum Gasteiger partial charge on any atom is -0.493 e. The first-order valence-electron chi connectivity index (χ1n) is 5.23. The molecule has 0 spiro atoms. The third kappa shape index (κ3) is 2.33. The topological polar surface area (TPSA) is 44.8 Å². The highest BCUT2D eigenvalue weighted by Gasteiger charge is 2.26. The minimum atomic E-state index is -0.248. The monoisotopic (exact) mass is 222 g/mol. The van der Waals surface area contributed by atoms with Crippen LogP contribution in [0.25, 0.3) is 0 Å². The zero-order chi connectivity index (χ0) is 11.4. The van der Waals surface area contributed by atoms with Crippen molar-refractivity contribution in [3.05, 3.63) is 24.3 Å². The van der Waals surface area contributed by atoms with Crippen LogP contribution in [0.15, 0.2) is 24.3 Å². The van der Waals surface area contributed by atoms with Gasteiger partial charge in [-0.05, 0) is 18.6 Å². The van der Waals surface area contributed by atoms with Crippen molar-refractivity contribution >= 4 is 5.97 Å². The van der Waals surface area contributed by atoms with Crippen molar-refractivity contribution in [2.75, 3.05) is 20.3 Å². The summed E-state index contributed by atoms with van der Waals surface area (Å²) in [5.41, 5.74) is 0. The lowest BCUT2D eigenvalue weighted by Crippen LogP contribution is -2.20. The van der Waals surface area contributed by atoms with Crippen LogP contribution in [0, 0.1) is 5.92 Å². The fourth-order valence-electron chi connectivity index (χ4n) is 1.62. The van der Waals surface area contributed by atoms with Gasteiger partial charge in [-0.15, -0.1) is 0 Å². The lowest BCUT2D eigenvalue weighted by molar-refractivity contribution is -0.138. The second-order valence-corrected chi connectivity index (χ2v) is 3.63. The molecule has 4 nitrogen and oxygen atoms in total. The van der Waals surface area contributed by atoms with Gasteiger partial charge < -0.3 is 14.2 Å². The van der Waals surface area contributed by atoms with Gasteiger partial charge >= 0.3 is 5.97 Å². The van der Waals surface area contributed by atoms with Crippen molar-refractivity contribution in [1.29, 1.82) is 0 Å². The van der Waals surface area contributed by atoms with Gasteiger partial charge in [-0.1, -0.05) is 12.1 Å². The molecule has 0 N–H and O–H groups in total. The summed E-state index contributed by atoms with van der Waals surface area (Å²) in [4.78, 5) is 11.7. The summed E-state index contributed by atoms with van der Waals surface area (Å²) in [5.74, 6) is 0.628. The van der Waals surface area contributed by atoms with Crippen molar-refractivity contribution in [3.8, 4) is 11.5 Å². The van der Waals surface area contributed by atoms with Gasteiger partial charge in [0.05, 0.1) is 19.6 Å². The summed E-state index contributed by atoms with van der Waals surface area (Å²) >= 11 is 0. The molecule has 0 saturated carbocycles. The average Bonchev–Trinajstić information content (AvgIpc) is 2.83. The summed E-state index contributed by atoms with van der Waals surface area (Å²) in [6, 6.07) is 7.10. The van der Waals surface area contributed by atoms with Crippen LogP contribution in [0.1, 0.15) is 6.42 Å². The molecule has 0 aliphatic carbocycles.